The van der Waals surface area contributed by atoms with Crippen molar-refractivity contribution in [1.29, 1.82) is 0 Å². The molecule has 0 atom stereocenters. The van der Waals surface area contributed by atoms with Gasteiger partial charge in [0, 0.05) is 44.1 Å². The molecule has 4 N–H and O–H groups in total. The fourth-order valence-electron chi connectivity index (χ4n) is 7.07. The van der Waals surface area contributed by atoms with E-state index in [1.807, 2.05) is 57.2 Å². The Hall–Kier alpha value is -6.49. The summed E-state index contributed by atoms with van der Waals surface area (Å²) in [5, 5.41) is 35.9. The maximum Gasteiger partial charge on any atom is 0.425 e. The van der Waals surface area contributed by atoms with Crippen molar-refractivity contribution >= 4 is 132 Å². The fourth-order valence-corrected chi connectivity index (χ4v) is 10.2. The van der Waals surface area contributed by atoms with Crippen LogP contribution in [-0.4, -0.2) is 108 Å². The molecule has 0 aliphatic carbocycles. The number of anilines is 6. The first-order valence-corrected chi connectivity index (χ1v) is 26.4. The largest absolute Gasteiger partial charge is 0.494 e. The van der Waals surface area contributed by atoms with E-state index in [0.29, 0.717) is 92.2 Å². The molecule has 0 radical (unpaired) electrons. The zero-order valence-corrected chi connectivity index (χ0v) is 43.2. The third-order valence-corrected chi connectivity index (χ3v) is 14.3. The highest BCUT2D eigenvalue weighted by atomic mass is 32.2. The highest BCUT2D eigenvalue weighted by molar-refractivity contribution is 7.99. The van der Waals surface area contributed by atoms with Crippen LogP contribution in [0.4, 0.5) is 56.3 Å². The number of methoxy groups -OCH3 is 2. The number of fused-ring (bicyclic) bond motifs is 2. The van der Waals surface area contributed by atoms with E-state index in [9.17, 15) is 18.1 Å². The van der Waals surface area contributed by atoms with Gasteiger partial charge in [0.2, 0.25) is 22.2 Å². The van der Waals surface area contributed by atoms with Crippen LogP contribution in [-0.2, 0) is 20.7 Å². The van der Waals surface area contributed by atoms with Crippen LogP contribution < -0.4 is 29.9 Å². The summed E-state index contributed by atoms with van der Waals surface area (Å²) < 4.78 is 72.4. The number of benzene rings is 4. The number of thioether (sulfide) groups is 1. The monoisotopic (exact) mass is 1050 g/mol. The minimum atomic E-state index is -4.44. The van der Waals surface area contributed by atoms with Crippen molar-refractivity contribution in [3.8, 4) is 11.5 Å². The Balaban J connectivity index is 0.00000193. The molecule has 22 nitrogen and oxygen atoms in total. The second-order valence-electron chi connectivity index (χ2n) is 14.5. The van der Waals surface area contributed by atoms with Crippen LogP contribution in [0, 0.1) is 13.8 Å². The number of thiazole rings is 2. The predicted molar refractivity (Wildman–Crippen MR) is 274 cm³/mol. The lowest BCUT2D eigenvalue weighted by Crippen LogP contribution is -2.22. The van der Waals surface area contributed by atoms with E-state index in [4.69, 9.17) is 37.1 Å². The van der Waals surface area contributed by atoms with Gasteiger partial charge in [0.25, 0.3) is 10.1 Å². The number of nitrogens with zero attached hydrogens (tertiary/aromatic N) is 11. The van der Waals surface area contributed by atoms with Crippen molar-refractivity contribution < 1.29 is 40.2 Å². The number of ether oxygens (including phenoxy) is 2. The maximum atomic E-state index is 12.0. The third kappa shape index (κ3) is 12.8. The van der Waals surface area contributed by atoms with Gasteiger partial charge in [-0.05, 0) is 83.0 Å². The number of aromatic nitrogens is 5. The predicted octanol–water partition coefficient (Wildman–Crippen LogP) is 10.1. The first kappa shape index (κ1) is 52.9. The molecule has 0 aliphatic heterocycles. The summed E-state index contributed by atoms with van der Waals surface area (Å²) in [6.45, 7) is 14.5. The Morgan fingerprint density at radius 2 is 1.19 bits per heavy atom. The average Bonchev–Trinajstić information content (AvgIpc) is 3.96. The number of hydrogen-bond donors (Lipinski definition) is 4. The molecule has 0 aliphatic rings. The van der Waals surface area contributed by atoms with Gasteiger partial charge in [0.15, 0.2) is 5.16 Å². The standard InChI is InChI=1S/C43H49N13O6S4.O3S/c1-9-55(10-2)32-20-28(30(22-34(32)61-7)51-53-42-46-26-15-13-14-24(5)37(26)64-42)44-39-48-40(50-41(49-39)63-19-18-57)45-29-21-33(56(11-3)12-4)35(62-8)23-31(29)52-54-43-47-27-16-17-36(66(58,59)60)25(6)38(27)65-43;1-4(2)3/h13-17,20-23,57H,9-12,18-19H2,1-8H3,(H,58,59,60)(H2,44,45,48,49,50);. The van der Waals surface area contributed by atoms with Crippen LogP contribution in [0.15, 0.2) is 85.1 Å². The molecule has 3 heterocycles. The zero-order chi connectivity index (χ0) is 50.7. The molecule has 7 aromatic rings. The molecule has 0 fully saturated rings. The second kappa shape index (κ2) is 23.9. The molecule has 27 heteroatoms. The van der Waals surface area contributed by atoms with Crippen LogP contribution in [0.1, 0.15) is 38.8 Å². The van der Waals surface area contributed by atoms with Gasteiger partial charge in [0.1, 0.15) is 22.9 Å². The Morgan fingerprint density at radius 1 is 0.700 bits per heavy atom. The lowest BCUT2D eigenvalue weighted by Gasteiger charge is -2.25. The summed E-state index contributed by atoms with van der Waals surface area (Å²) in [5.41, 5.74) is 6.20. The lowest BCUT2D eigenvalue weighted by atomic mass is 10.2. The maximum absolute atomic E-state index is 12.0. The first-order valence-electron chi connectivity index (χ1n) is 21.4. The van der Waals surface area contributed by atoms with Crippen LogP contribution in [0.3, 0.4) is 0 Å². The van der Waals surface area contributed by atoms with E-state index in [-0.39, 0.29) is 28.5 Å². The Labute approximate surface area is 417 Å². The van der Waals surface area contributed by atoms with Crippen molar-refractivity contribution in [1.82, 2.24) is 24.9 Å². The topological polar surface area (TPSA) is 289 Å². The summed E-state index contributed by atoms with van der Waals surface area (Å²) in [4.78, 5) is 27.6. The van der Waals surface area contributed by atoms with Gasteiger partial charge in [-0.3, -0.25) is 4.55 Å². The Morgan fingerprint density at radius 3 is 1.63 bits per heavy atom. The summed E-state index contributed by atoms with van der Waals surface area (Å²) in [6, 6.07) is 16.1. The van der Waals surface area contributed by atoms with Gasteiger partial charge in [-0.2, -0.15) is 23.4 Å². The number of aryl methyl sites for hydroxylation is 2. The molecule has 0 unspecified atom stereocenters. The minimum absolute atomic E-state index is 0.109. The van der Waals surface area contributed by atoms with Crippen LogP contribution in [0.2, 0.25) is 0 Å². The average molecular weight is 1050 g/mol. The van der Waals surface area contributed by atoms with Gasteiger partial charge >= 0.3 is 10.6 Å². The number of nitrogens with one attached hydrogen (secondary N) is 2. The zero-order valence-electron chi connectivity index (χ0n) is 39.2. The highest BCUT2D eigenvalue weighted by Gasteiger charge is 2.21. The number of aliphatic hydroxyl groups excluding tert-OH is 1. The van der Waals surface area contributed by atoms with Crippen molar-refractivity contribution in [3.63, 3.8) is 0 Å². The number of aliphatic hydroxyl groups is 1. The minimum Gasteiger partial charge on any atom is -0.494 e. The summed E-state index contributed by atoms with van der Waals surface area (Å²) in [5.74, 6) is 1.79. The highest BCUT2D eigenvalue weighted by Crippen LogP contribution is 2.44. The number of azo groups is 2. The first-order chi connectivity index (χ1) is 33.5. The lowest BCUT2D eigenvalue weighted by molar-refractivity contribution is 0.322. The molecular weight excluding hydrogens is 1000 g/mol. The van der Waals surface area contributed by atoms with Crippen molar-refractivity contribution in [2.75, 3.05) is 73.2 Å². The van der Waals surface area contributed by atoms with Crippen LogP contribution >= 0.6 is 34.4 Å². The van der Waals surface area contributed by atoms with Crippen LogP contribution in [0.5, 0.6) is 11.5 Å². The normalized spacial score (nSPS) is 11.6. The summed E-state index contributed by atoms with van der Waals surface area (Å²) in [6.07, 6.45) is 0. The van der Waals surface area contributed by atoms with Gasteiger partial charge in [0.05, 0.1) is 68.9 Å². The van der Waals surface area contributed by atoms with E-state index in [1.165, 1.54) is 35.2 Å². The summed E-state index contributed by atoms with van der Waals surface area (Å²) in [7, 11) is -4.37. The quantitative estimate of drug-likeness (QED) is 0.0313. The van der Waals surface area contributed by atoms with Gasteiger partial charge < -0.3 is 35.0 Å². The molecule has 7 rings (SSSR count). The van der Waals surface area contributed by atoms with Crippen molar-refractivity contribution in [2.45, 2.75) is 51.6 Å². The SMILES string of the molecule is CCN(CC)c1cc(Nc2nc(Nc3cc(N(CC)CC)c(OC)cc3N=Nc3nc4ccc(S(=O)(=O)O)c(C)c4s3)nc(SCCO)n2)c(N=Nc2nc3cccc(C)c3s2)cc1OC.O=S(=O)=O. The molecule has 0 bridgehead atoms. The molecule has 0 amide bonds. The number of rotatable bonds is 20. The molecular formula is C43H49N13O9S5. The number of hydrogen-bond acceptors (Lipinski definition) is 24. The second-order valence-corrected chi connectivity index (χ2v) is 19.4. The van der Waals surface area contributed by atoms with Crippen molar-refractivity contribution in [2.24, 2.45) is 20.5 Å². The molecule has 370 valence electrons. The molecule has 0 saturated carbocycles. The van der Waals surface area contributed by atoms with E-state index in [0.717, 1.165) is 38.5 Å². The Kier molecular flexibility index (Phi) is 18.0. The molecule has 4 aromatic carbocycles. The Bertz CT molecular complexity index is 3290. The summed E-state index contributed by atoms with van der Waals surface area (Å²) >= 11 is 3.83. The molecule has 0 spiro atoms. The van der Waals surface area contributed by atoms with Gasteiger partial charge in [-0.25, -0.2) is 9.97 Å². The molecule has 0 saturated heterocycles. The van der Waals surface area contributed by atoms with E-state index < -0.39 is 20.7 Å². The molecule has 70 heavy (non-hydrogen) atoms. The van der Waals surface area contributed by atoms with Gasteiger partial charge in [-0.1, -0.05) is 46.6 Å². The third-order valence-electron chi connectivity index (χ3n) is 10.3. The molecule has 3 aromatic heterocycles. The smallest absolute Gasteiger partial charge is 0.425 e. The van der Waals surface area contributed by atoms with E-state index in [1.54, 1.807) is 27.2 Å². The van der Waals surface area contributed by atoms with Crippen LogP contribution in [0.25, 0.3) is 20.4 Å². The fraction of sp³-hybridized carbons (Fsp3) is 0.326. The van der Waals surface area contributed by atoms with E-state index in [2.05, 4.69) is 64.7 Å². The van der Waals surface area contributed by atoms with E-state index >= 15 is 0 Å². The van der Waals surface area contributed by atoms with Crippen molar-refractivity contribution in [3.05, 3.63) is 65.7 Å². The van der Waals surface area contributed by atoms with Gasteiger partial charge in [-0.15, -0.1) is 33.1 Å².